The fourth-order valence-corrected chi connectivity index (χ4v) is 3.67. The average molecular weight is 393 g/mol. The van der Waals surface area contributed by atoms with E-state index in [1.807, 2.05) is 60.7 Å². The first-order valence-corrected chi connectivity index (χ1v) is 9.71. The van der Waals surface area contributed by atoms with Crippen LogP contribution in [0.5, 0.6) is 0 Å². The van der Waals surface area contributed by atoms with Gasteiger partial charge in [-0.25, -0.2) is 9.59 Å². The summed E-state index contributed by atoms with van der Waals surface area (Å²) >= 11 is 0. The molecule has 2 heterocycles. The molecule has 2 saturated heterocycles. The third kappa shape index (κ3) is 4.14. The van der Waals surface area contributed by atoms with E-state index in [0.29, 0.717) is 31.7 Å². The van der Waals surface area contributed by atoms with E-state index < -0.39 is 12.0 Å². The number of carbonyl (C=O) groups excluding carboxylic acids is 2. The lowest BCUT2D eigenvalue weighted by molar-refractivity contribution is -0.149. The largest absolute Gasteiger partial charge is 0.357 e. The maximum Gasteiger partial charge on any atom is 0.357 e. The van der Waals surface area contributed by atoms with Gasteiger partial charge in [0.15, 0.2) is 0 Å². The van der Waals surface area contributed by atoms with E-state index in [-0.39, 0.29) is 12.1 Å². The second kappa shape index (κ2) is 8.45. The first-order chi connectivity index (χ1) is 14.1. The summed E-state index contributed by atoms with van der Waals surface area (Å²) in [5, 5.41) is 5.36. The van der Waals surface area contributed by atoms with Crippen LogP contribution in [0.25, 0.3) is 0 Å². The Labute approximate surface area is 169 Å². The van der Waals surface area contributed by atoms with Crippen LogP contribution >= 0.6 is 0 Å². The fourth-order valence-electron chi connectivity index (χ4n) is 3.67. The van der Waals surface area contributed by atoms with Crippen molar-refractivity contribution >= 4 is 17.7 Å². The summed E-state index contributed by atoms with van der Waals surface area (Å²) < 4.78 is 0. The van der Waals surface area contributed by atoms with Gasteiger partial charge < -0.3 is 9.74 Å². The highest BCUT2D eigenvalue weighted by Gasteiger charge is 2.48. The van der Waals surface area contributed by atoms with Gasteiger partial charge in [0.25, 0.3) is 0 Å². The maximum atomic E-state index is 12.8. The average Bonchev–Trinajstić information content (AvgIpc) is 3.01. The van der Waals surface area contributed by atoms with Crippen molar-refractivity contribution in [2.45, 2.75) is 38.5 Å². The Morgan fingerprint density at radius 1 is 1.07 bits per heavy atom. The van der Waals surface area contributed by atoms with Gasteiger partial charge in [-0.1, -0.05) is 65.8 Å². The van der Waals surface area contributed by atoms with Crippen LogP contribution in [0.1, 0.15) is 30.9 Å². The molecule has 2 aromatic carbocycles. The summed E-state index contributed by atoms with van der Waals surface area (Å²) in [4.78, 5) is 37.8. The lowest BCUT2D eigenvalue weighted by atomic mass is 10.0. The van der Waals surface area contributed by atoms with Gasteiger partial charge in [-0.05, 0) is 30.9 Å². The molecule has 0 aromatic heterocycles. The molecule has 2 bridgehead atoms. The van der Waals surface area contributed by atoms with Crippen molar-refractivity contribution in [1.82, 2.24) is 9.96 Å². The zero-order valence-corrected chi connectivity index (χ0v) is 16.2. The van der Waals surface area contributed by atoms with E-state index >= 15 is 0 Å². The Balaban J connectivity index is 1.37. The van der Waals surface area contributed by atoms with E-state index in [9.17, 15) is 9.59 Å². The highest BCUT2D eigenvalue weighted by Crippen LogP contribution is 2.31. The molecule has 150 valence electrons. The standard InChI is InChI=1S/C22H23N3O4/c1-16(18-10-6-3-7-11-18)23-29-21(26)20-13-12-19-14-24(20)22(27)25(19)28-15-17-8-4-2-5-9-17/h2-11,19-20H,12-15H2,1H3/b23-16+/t19-,20+/m1/s1. The summed E-state index contributed by atoms with van der Waals surface area (Å²) in [6, 6.07) is 18.2. The van der Waals surface area contributed by atoms with Gasteiger partial charge in [-0.2, -0.15) is 5.06 Å². The van der Waals surface area contributed by atoms with Gasteiger partial charge >= 0.3 is 12.0 Å². The van der Waals surface area contributed by atoms with Gasteiger partial charge in [-0.15, -0.1) is 0 Å². The fraction of sp³-hybridized carbons (Fsp3) is 0.318. The van der Waals surface area contributed by atoms with Crippen molar-refractivity contribution in [3.63, 3.8) is 0 Å². The van der Waals surface area contributed by atoms with E-state index in [2.05, 4.69) is 5.16 Å². The molecule has 2 aliphatic heterocycles. The predicted octanol–water partition coefficient (Wildman–Crippen LogP) is 3.35. The lowest BCUT2D eigenvalue weighted by Gasteiger charge is -2.27. The molecular weight excluding hydrogens is 370 g/mol. The van der Waals surface area contributed by atoms with Crippen LogP contribution in [-0.2, 0) is 21.1 Å². The first kappa shape index (κ1) is 19.1. The third-order valence-corrected chi connectivity index (χ3v) is 5.27. The Kier molecular flexibility index (Phi) is 5.57. The number of fused-ring (bicyclic) bond motifs is 2. The number of hydrogen-bond acceptors (Lipinski definition) is 5. The van der Waals surface area contributed by atoms with E-state index in [4.69, 9.17) is 9.68 Å². The smallest absolute Gasteiger partial charge is 0.316 e. The van der Waals surface area contributed by atoms with Crippen LogP contribution in [0.2, 0.25) is 0 Å². The summed E-state index contributed by atoms with van der Waals surface area (Å²) in [5.74, 6) is -0.517. The maximum absolute atomic E-state index is 12.8. The molecule has 4 rings (SSSR count). The molecule has 0 saturated carbocycles. The van der Waals surface area contributed by atoms with Gasteiger partial charge in [0, 0.05) is 6.54 Å². The predicted molar refractivity (Wildman–Crippen MR) is 107 cm³/mol. The van der Waals surface area contributed by atoms with Gasteiger partial charge in [-0.3, -0.25) is 4.84 Å². The molecule has 2 amide bonds. The Bertz CT molecular complexity index is 901. The minimum atomic E-state index is -0.642. The van der Waals surface area contributed by atoms with Crippen LogP contribution in [0.3, 0.4) is 0 Å². The van der Waals surface area contributed by atoms with Gasteiger partial charge in [0.2, 0.25) is 0 Å². The van der Waals surface area contributed by atoms with Gasteiger partial charge in [0.05, 0.1) is 11.8 Å². The number of urea groups is 1. The molecule has 7 nitrogen and oxygen atoms in total. The monoisotopic (exact) mass is 393 g/mol. The molecule has 0 spiro atoms. The third-order valence-electron chi connectivity index (χ3n) is 5.27. The number of hydroxylamine groups is 2. The number of benzene rings is 2. The number of oxime groups is 1. The number of nitrogens with zero attached hydrogens (tertiary/aromatic N) is 3. The molecule has 2 aromatic rings. The molecule has 7 heteroatoms. The van der Waals surface area contributed by atoms with Crippen LogP contribution in [0.4, 0.5) is 4.79 Å². The Morgan fingerprint density at radius 3 is 2.48 bits per heavy atom. The van der Waals surface area contributed by atoms with Crippen molar-refractivity contribution in [2.24, 2.45) is 5.16 Å². The van der Waals surface area contributed by atoms with Crippen molar-refractivity contribution in [1.29, 1.82) is 0 Å². The molecule has 0 N–H and O–H groups in total. The SMILES string of the molecule is C/C(=N\OC(=O)[C@@H]1CC[C@@H]2CN1C(=O)N2OCc1ccccc1)c1ccccc1. The highest BCUT2D eigenvalue weighted by atomic mass is 16.7. The van der Waals surface area contributed by atoms with Crippen molar-refractivity contribution in [3.8, 4) is 0 Å². The molecule has 0 radical (unpaired) electrons. The van der Waals surface area contributed by atoms with Crippen LogP contribution in [0, 0.1) is 0 Å². The highest BCUT2D eigenvalue weighted by molar-refractivity contribution is 5.98. The van der Waals surface area contributed by atoms with Crippen LogP contribution in [-0.4, -0.2) is 46.3 Å². The molecule has 0 aliphatic carbocycles. The lowest BCUT2D eigenvalue weighted by Crippen LogP contribution is -2.45. The second-order valence-corrected chi connectivity index (χ2v) is 7.22. The number of carbonyl (C=O) groups is 2. The molecular formula is C22H23N3O4. The Morgan fingerprint density at radius 2 is 1.76 bits per heavy atom. The zero-order chi connectivity index (χ0) is 20.2. The van der Waals surface area contributed by atoms with Crippen LogP contribution < -0.4 is 0 Å². The quantitative estimate of drug-likeness (QED) is 0.429. The molecule has 0 unspecified atom stereocenters. The van der Waals surface area contributed by atoms with Crippen molar-refractivity contribution in [3.05, 3.63) is 71.8 Å². The van der Waals surface area contributed by atoms with Crippen LogP contribution in [0.15, 0.2) is 65.8 Å². The molecule has 29 heavy (non-hydrogen) atoms. The van der Waals surface area contributed by atoms with Gasteiger partial charge in [0.1, 0.15) is 12.6 Å². The minimum absolute atomic E-state index is 0.0511. The summed E-state index contributed by atoms with van der Waals surface area (Å²) in [5.41, 5.74) is 2.47. The summed E-state index contributed by atoms with van der Waals surface area (Å²) in [6.45, 7) is 2.54. The number of piperidine rings is 1. The summed E-state index contributed by atoms with van der Waals surface area (Å²) in [6.07, 6.45) is 1.21. The number of amides is 2. The molecule has 2 atom stereocenters. The topological polar surface area (TPSA) is 71.4 Å². The van der Waals surface area contributed by atoms with E-state index in [1.165, 1.54) is 9.96 Å². The zero-order valence-electron chi connectivity index (χ0n) is 16.2. The second-order valence-electron chi connectivity index (χ2n) is 7.22. The minimum Gasteiger partial charge on any atom is -0.316 e. The summed E-state index contributed by atoms with van der Waals surface area (Å²) in [7, 11) is 0. The van der Waals surface area contributed by atoms with E-state index in [1.54, 1.807) is 6.92 Å². The first-order valence-electron chi connectivity index (χ1n) is 9.71. The number of hydrogen-bond donors (Lipinski definition) is 0. The van der Waals surface area contributed by atoms with E-state index in [0.717, 1.165) is 11.1 Å². The normalized spacial score (nSPS) is 21.4. The van der Waals surface area contributed by atoms with Crippen molar-refractivity contribution in [2.75, 3.05) is 6.54 Å². The molecule has 2 fully saturated rings. The molecule has 2 aliphatic rings. The van der Waals surface area contributed by atoms with Crippen molar-refractivity contribution < 1.29 is 19.3 Å². The Hall–Kier alpha value is -3.19. The number of rotatable bonds is 6.